The smallest absolute Gasteiger partial charge is 0.252 e. The van der Waals surface area contributed by atoms with Crippen LogP contribution < -0.4 is 15.5 Å². The van der Waals surface area contributed by atoms with E-state index in [4.69, 9.17) is 23.2 Å². The van der Waals surface area contributed by atoms with E-state index < -0.39 is 41.8 Å². The summed E-state index contributed by atoms with van der Waals surface area (Å²) in [6.45, 7) is 1.99. The molecule has 0 aliphatic carbocycles. The SMILES string of the molecule is CC(NC(=O)C(NC(=O)c1ccc(F)c(F)c1)c1ccc(Cl)cc1Cl)C(O)N1CCc2cc(F)ccc21. The first-order valence-electron chi connectivity index (χ1n) is 11.3. The largest absolute Gasteiger partial charge is 0.371 e. The fraction of sp³-hybridized carbons (Fsp3) is 0.231. The number of benzene rings is 3. The van der Waals surface area contributed by atoms with Crippen LogP contribution >= 0.6 is 23.2 Å². The molecule has 2 amide bonds. The lowest BCUT2D eigenvalue weighted by atomic mass is 10.0. The highest BCUT2D eigenvalue weighted by Crippen LogP contribution is 2.31. The quantitative estimate of drug-likeness (QED) is 0.395. The van der Waals surface area contributed by atoms with E-state index in [9.17, 15) is 27.9 Å². The van der Waals surface area contributed by atoms with Crippen LogP contribution in [-0.2, 0) is 11.2 Å². The van der Waals surface area contributed by atoms with Gasteiger partial charge in [0.1, 0.15) is 18.1 Å². The highest BCUT2D eigenvalue weighted by molar-refractivity contribution is 6.35. The predicted octanol–water partition coefficient (Wildman–Crippen LogP) is 4.77. The van der Waals surface area contributed by atoms with Gasteiger partial charge in [-0.1, -0.05) is 29.3 Å². The van der Waals surface area contributed by atoms with Gasteiger partial charge in [0, 0.05) is 33.4 Å². The van der Waals surface area contributed by atoms with E-state index >= 15 is 0 Å². The molecule has 1 aliphatic heterocycles. The summed E-state index contributed by atoms with van der Waals surface area (Å²) < 4.78 is 40.6. The van der Waals surface area contributed by atoms with Gasteiger partial charge in [-0.15, -0.1) is 0 Å². The number of carbonyl (C=O) groups is 2. The molecule has 1 aliphatic rings. The number of carbonyl (C=O) groups excluding carboxylic acids is 2. The molecule has 1 heterocycles. The molecule has 0 bridgehead atoms. The fourth-order valence-corrected chi connectivity index (χ4v) is 4.71. The molecule has 0 saturated carbocycles. The summed E-state index contributed by atoms with van der Waals surface area (Å²) in [4.78, 5) is 27.8. The molecule has 3 unspecified atom stereocenters. The van der Waals surface area contributed by atoms with Crippen LogP contribution in [0.2, 0.25) is 10.0 Å². The summed E-state index contributed by atoms with van der Waals surface area (Å²) >= 11 is 12.3. The third-order valence-corrected chi connectivity index (χ3v) is 6.66. The average molecular weight is 552 g/mol. The van der Waals surface area contributed by atoms with Crippen LogP contribution in [0, 0.1) is 17.5 Å². The Morgan fingerprint density at radius 1 is 0.973 bits per heavy atom. The molecule has 3 aromatic carbocycles. The summed E-state index contributed by atoms with van der Waals surface area (Å²) in [7, 11) is 0. The molecule has 6 nitrogen and oxygen atoms in total. The summed E-state index contributed by atoms with van der Waals surface area (Å²) in [5.74, 6) is -4.30. The number of anilines is 1. The molecule has 3 aromatic rings. The second-order valence-corrected chi connectivity index (χ2v) is 9.47. The summed E-state index contributed by atoms with van der Waals surface area (Å²) in [5, 5.41) is 16.5. The first kappa shape index (κ1) is 26.8. The normalized spacial score (nSPS) is 15.1. The summed E-state index contributed by atoms with van der Waals surface area (Å²) in [6.07, 6.45) is -0.642. The third-order valence-electron chi connectivity index (χ3n) is 6.10. The Kier molecular flexibility index (Phi) is 7.96. The van der Waals surface area contributed by atoms with E-state index in [1.54, 1.807) is 17.9 Å². The van der Waals surface area contributed by atoms with Crippen LogP contribution in [-0.4, -0.2) is 35.7 Å². The molecule has 3 N–H and O–H groups in total. The van der Waals surface area contributed by atoms with Crippen LogP contribution in [0.3, 0.4) is 0 Å². The number of nitrogens with zero attached hydrogens (tertiary/aromatic N) is 1. The summed E-state index contributed by atoms with van der Waals surface area (Å²) in [6, 6.07) is 8.96. The lowest BCUT2D eigenvalue weighted by Gasteiger charge is -2.32. The van der Waals surface area contributed by atoms with E-state index in [1.165, 1.54) is 30.3 Å². The van der Waals surface area contributed by atoms with Crippen molar-refractivity contribution in [2.45, 2.75) is 31.7 Å². The van der Waals surface area contributed by atoms with Crippen molar-refractivity contribution in [1.29, 1.82) is 0 Å². The molecule has 0 radical (unpaired) electrons. The molecule has 0 aromatic heterocycles. The molecular weight excluding hydrogens is 530 g/mol. The zero-order valence-electron chi connectivity index (χ0n) is 19.4. The maximum absolute atomic E-state index is 13.7. The van der Waals surface area contributed by atoms with Gasteiger partial charge in [-0.25, -0.2) is 13.2 Å². The highest BCUT2D eigenvalue weighted by atomic mass is 35.5. The zero-order chi connectivity index (χ0) is 26.9. The van der Waals surface area contributed by atoms with Crippen LogP contribution in [0.1, 0.15) is 34.5 Å². The van der Waals surface area contributed by atoms with Gasteiger partial charge in [0.05, 0.1) is 6.04 Å². The van der Waals surface area contributed by atoms with Crippen LogP contribution in [0.15, 0.2) is 54.6 Å². The first-order chi connectivity index (χ1) is 17.5. The molecule has 4 rings (SSSR count). The van der Waals surface area contributed by atoms with Gasteiger partial charge in [0.2, 0.25) is 5.91 Å². The standard InChI is InChI=1S/C26H22Cl2F3N3O3/c1-13(26(37)34-9-8-14-10-17(29)4-7-22(14)34)32-25(36)23(18-5-3-16(27)12-19(18)28)33-24(35)15-2-6-20(30)21(31)11-15/h2-7,10-13,23,26,37H,8-9H2,1H3,(H,32,36)(H,33,35). The lowest BCUT2D eigenvalue weighted by molar-refractivity contribution is -0.124. The van der Waals surface area contributed by atoms with E-state index in [0.29, 0.717) is 29.7 Å². The van der Waals surface area contributed by atoms with Gasteiger partial charge >= 0.3 is 0 Å². The molecule has 0 spiro atoms. The average Bonchev–Trinajstić information content (AvgIpc) is 3.26. The van der Waals surface area contributed by atoms with Crippen molar-refractivity contribution in [3.63, 3.8) is 0 Å². The van der Waals surface area contributed by atoms with Crippen LogP contribution in [0.4, 0.5) is 18.9 Å². The van der Waals surface area contributed by atoms with Crippen molar-refractivity contribution in [3.05, 3.63) is 98.8 Å². The Balaban J connectivity index is 1.56. The second-order valence-electron chi connectivity index (χ2n) is 8.63. The minimum absolute atomic E-state index is 0.0851. The molecule has 37 heavy (non-hydrogen) atoms. The van der Waals surface area contributed by atoms with Crippen LogP contribution in [0.5, 0.6) is 0 Å². The van der Waals surface area contributed by atoms with Crippen molar-refractivity contribution in [3.8, 4) is 0 Å². The molecule has 11 heteroatoms. The Bertz CT molecular complexity index is 1360. The Morgan fingerprint density at radius 2 is 1.73 bits per heavy atom. The molecule has 0 saturated heterocycles. The number of hydrogen-bond donors (Lipinski definition) is 3. The van der Waals surface area contributed by atoms with E-state index in [1.807, 2.05) is 0 Å². The monoisotopic (exact) mass is 551 g/mol. The fourth-order valence-electron chi connectivity index (χ4n) is 4.19. The van der Waals surface area contributed by atoms with Crippen molar-refractivity contribution < 1.29 is 27.9 Å². The summed E-state index contributed by atoms with van der Waals surface area (Å²) in [5.41, 5.74) is 1.38. The van der Waals surface area contributed by atoms with Gasteiger partial charge in [-0.05, 0) is 67.4 Å². The van der Waals surface area contributed by atoms with Gasteiger partial charge in [0.25, 0.3) is 5.91 Å². The molecule has 0 fully saturated rings. The maximum atomic E-state index is 13.7. The van der Waals surface area contributed by atoms with Crippen molar-refractivity contribution in [1.82, 2.24) is 10.6 Å². The van der Waals surface area contributed by atoms with Gasteiger partial charge in [-0.3, -0.25) is 9.59 Å². The number of rotatable bonds is 7. The van der Waals surface area contributed by atoms with E-state index in [0.717, 1.165) is 17.7 Å². The number of amides is 2. The van der Waals surface area contributed by atoms with Crippen LogP contribution in [0.25, 0.3) is 0 Å². The van der Waals surface area contributed by atoms with E-state index in [2.05, 4.69) is 10.6 Å². The zero-order valence-corrected chi connectivity index (χ0v) is 21.0. The van der Waals surface area contributed by atoms with Gasteiger partial charge in [0.15, 0.2) is 11.6 Å². The second kappa shape index (κ2) is 11.0. The molecule has 194 valence electrons. The van der Waals surface area contributed by atoms with Gasteiger partial charge < -0.3 is 20.6 Å². The molecular formula is C26H22Cl2F3N3O3. The Morgan fingerprint density at radius 3 is 2.43 bits per heavy atom. The number of nitrogens with one attached hydrogen (secondary N) is 2. The number of fused-ring (bicyclic) bond motifs is 1. The number of hydrogen-bond acceptors (Lipinski definition) is 4. The minimum atomic E-state index is -1.36. The Labute approximate surface area is 221 Å². The predicted molar refractivity (Wildman–Crippen MR) is 134 cm³/mol. The maximum Gasteiger partial charge on any atom is 0.252 e. The van der Waals surface area contributed by atoms with Crippen molar-refractivity contribution in [2.24, 2.45) is 0 Å². The van der Waals surface area contributed by atoms with E-state index in [-0.39, 0.29) is 22.0 Å². The highest BCUT2D eigenvalue weighted by Gasteiger charge is 2.32. The Hall–Kier alpha value is -3.27. The minimum Gasteiger partial charge on any atom is -0.371 e. The number of halogens is 5. The molecule has 3 atom stereocenters. The first-order valence-corrected chi connectivity index (χ1v) is 12.0. The van der Waals surface area contributed by atoms with Gasteiger partial charge in [-0.2, -0.15) is 0 Å². The third kappa shape index (κ3) is 5.84. The van der Waals surface area contributed by atoms with Crippen molar-refractivity contribution >= 4 is 40.7 Å². The van der Waals surface area contributed by atoms with Crippen molar-refractivity contribution in [2.75, 3.05) is 11.4 Å². The lowest BCUT2D eigenvalue weighted by Crippen LogP contribution is -2.52. The number of aliphatic hydroxyl groups excluding tert-OH is 1. The number of aliphatic hydroxyl groups is 1. The topological polar surface area (TPSA) is 81.7 Å².